The van der Waals surface area contributed by atoms with E-state index < -0.39 is 0 Å². The molecule has 0 saturated heterocycles. The summed E-state index contributed by atoms with van der Waals surface area (Å²) in [4.78, 5) is 12.8. The second-order valence-corrected chi connectivity index (χ2v) is 6.71. The fourth-order valence-corrected chi connectivity index (χ4v) is 3.36. The average molecular weight is 404 g/mol. The summed E-state index contributed by atoms with van der Waals surface area (Å²) in [5.74, 6) is 0.0913. The van der Waals surface area contributed by atoms with Gasteiger partial charge in [-0.15, -0.1) is 0 Å². The van der Waals surface area contributed by atoms with Crippen LogP contribution >= 0.6 is 11.6 Å². The van der Waals surface area contributed by atoms with Gasteiger partial charge in [-0.2, -0.15) is 15.3 Å². The molecular formula is C20H14ClN7O. The number of aromatic amines is 1. The van der Waals surface area contributed by atoms with Crippen LogP contribution < -0.4 is 5.32 Å². The number of rotatable bonds is 4. The van der Waals surface area contributed by atoms with Crippen molar-refractivity contribution in [1.29, 1.82) is 0 Å². The average Bonchev–Trinajstić information content (AvgIpc) is 3.49. The van der Waals surface area contributed by atoms with E-state index in [-0.39, 0.29) is 5.91 Å². The highest BCUT2D eigenvalue weighted by Crippen LogP contribution is 2.27. The van der Waals surface area contributed by atoms with Crippen LogP contribution in [-0.2, 0) is 0 Å². The largest absolute Gasteiger partial charge is 0.304 e. The van der Waals surface area contributed by atoms with Gasteiger partial charge >= 0.3 is 0 Å². The van der Waals surface area contributed by atoms with Gasteiger partial charge in [0.1, 0.15) is 0 Å². The first kappa shape index (κ1) is 17.2. The molecule has 9 heteroatoms. The summed E-state index contributed by atoms with van der Waals surface area (Å²) < 4.78 is 3.29. The smallest absolute Gasteiger partial charge is 0.260 e. The lowest BCUT2D eigenvalue weighted by atomic mass is 10.2. The van der Waals surface area contributed by atoms with E-state index in [9.17, 15) is 4.79 Å². The third-order valence-electron chi connectivity index (χ3n) is 4.49. The van der Waals surface area contributed by atoms with Gasteiger partial charge in [0.15, 0.2) is 5.82 Å². The number of anilines is 1. The number of halogens is 1. The van der Waals surface area contributed by atoms with Gasteiger partial charge in [-0.05, 0) is 30.3 Å². The molecule has 3 heterocycles. The molecule has 5 aromatic rings. The van der Waals surface area contributed by atoms with Crippen molar-refractivity contribution in [2.75, 3.05) is 5.32 Å². The molecule has 3 aromatic heterocycles. The Morgan fingerprint density at radius 3 is 2.69 bits per heavy atom. The van der Waals surface area contributed by atoms with Crippen molar-refractivity contribution in [3.05, 3.63) is 83.9 Å². The van der Waals surface area contributed by atoms with Crippen molar-refractivity contribution < 1.29 is 4.79 Å². The lowest BCUT2D eigenvalue weighted by molar-refractivity contribution is 0.102. The summed E-state index contributed by atoms with van der Waals surface area (Å²) in [6, 6.07) is 14.8. The van der Waals surface area contributed by atoms with Crippen molar-refractivity contribution in [2.45, 2.75) is 0 Å². The molecule has 29 heavy (non-hydrogen) atoms. The summed E-state index contributed by atoms with van der Waals surface area (Å²) in [6.45, 7) is 0. The van der Waals surface area contributed by atoms with E-state index in [2.05, 4.69) is 25.7 Å². The van der Waals surface area contributed by atoms with Gasteiger partial charge in [0.2, 0.25) is 0 Å². The van der Waals surface area contributed by atoms with Crippen LogP contribution in [0, 0.1) is 0 Å². The maximum atomic E-state index is 12.8. The minimum absolute atomic E-state index is 0.327. The summed E-state index contributed by atoms with van der Waals surface area (Å²) in [7, 11) is 0. The van der Waals surface area contributed by atoms with Crippen LogP contribution in [0.5, 0.6) is 0 Å². The van der Waals surface area contributed by atoms with Gasteiger partial charge in [-0.25, -0.2) is 9.36 Å². The minimum Gasteiger partial charge on any atom is -0.304 e. The lowest BCUT2D eigenvalue weighted by Crippen LogP contribution is -2.12. The molecule has 2 aromatic carbocycles. The first-order chi connectivity index (χ1) is 14.2. The fraction of sp³-hybridized carbons (Fsp3) is 0. The number of nitrogens with zero attached hydrogens (tertiary/aromatic N) is 5. The third kappa shape index (κ3) is 3.05. The van der Waals surface area contributed by atoms with Crippen LogP contribution in [-0.4, -0.2) is 35.7 Å². The zero-order chi connectivity index (χ0) is 19.8. The van der Waals surface area contributed by atoms with Crippen LogP contribution in [0.2, 0.25) is 5.02 Å². The Kier molecular flexibility index (Phi) is 4.10. The molecule has 0 atom stereocenters. The minimum atomic E-state index is -0.327. The Balaban J connectivity index is 1.48. The summed E-state index contributed by atoms with van der Waals surface area (Å²) in [5.41, 5.74) is 2.68. The van der Waals surface area contributed by atoms with Gasteiger partial charge in [-0.1, -0.05) is 29.8 Å². The molecule has 0 unspecified atom stereocenters. The van der Waals surface area contributed by atoms with Gasteiger partial charge in [0.25, 0.3) is 5.91 Å². The van der Waals surface area contributed by atoms with Gasteiger partial charge < -0.3 is 5.32 Å². The van der Waals surface area contributed by atoms with Crippen molar-refractivity contribution in [1.82, 2.24) is 29.8 Å². The van der Waals surface area contributed by atoms with Crippen LogP contribution in [0.3, 0.4) is 0 Å². The van der Waals surface area contributed by atoms with Gasteiger partial charge in [0, 0.05) is 18.6 Å². The monoisotopic (exact) mass is 403 g/mol. The number of aromatic nitrogens is 6. The molecule has 0 aliphatic carbocycles. The van der Waals surface area contributed by atoms with E-state index in [0.717, 1.165) is 16.6 Å². The highest BCUT2D eigenvalue weighted by atomic mass is 35.5. The van der Waals surface area contributed by atoms with E-state index in [1.165, 1.54) is 6.20 Å². The van der Waals surface area contributed by atoms with E-state index in [4.69, 9.17) is 11.6 Å². The van der Waals surface area contributed by atoms with Crippen molar-refractivity contribution in [3.8, 4) is 11.4 Å². The highest BCUT2D eigenvalue weighted by molar-refractivity contribution is 6.32. The summed E-state index contributed by atoms with van der Waals surface area (Å²) in [6.07, 6.45) is 6.64. The maximum Gasteiger partial charge on any atom is 0.260 e. The van der Waals surface area contributed by atoms with Crippen LogP contribution in [0.1, 0.15) is 10.4 Å². The molecule has 0 spiro atoms. The number of para-hydroxylation sites is 1. The number of hydrogen-bond acceptors (Lipinski definition) is 4. The predicted octanol–water partition coefficient (Wildman–Crippen LogP) is 3.84. The molecule has 0 saturated carbocycles. The molecule has 142 valence electrons. The number of fused-ring (bicyclic) bond motifs is 1. The standard InChI is InChI=1S/C20H14ClN7O/c21-14-5-1-2-7-16(14)28-12-13(11-23-28)20(29)24-19-18-15(25-26-19)6-3-8-17(18)27-10-4-9-22-27/h1-12H,(H2,24,25,26,29). The van der Waals surface area contributed by atoms with E-state index >= 15 is 0 Å². The molecule has 0 aliphatic rings. The topological polar surface area (TPSA) is 93.4 Å². The number of benzene rings is 2. The van der Waals surface area contributed by atoms with E-state index in [1.807, 2.05) is 48.7 Å². The lowest BCUT2D eigenvalue weighted by Gasteiger charge is -2.06. The molecule has 0 aliphatic heterocycles. The molecular weight excluding hydrogens is 390 g/mol. The predicted molar refractivity (Wildman–Crippen MR) is 110 cm³/mol. The summed E-state index contributed by atoms with van der Waals surface area (Å²) >= 11 is 6.21. The Morgan fingerprint density at radius 1 is 1.00 bits per heavy atom. The number of H-pyrrole nitrogens is 1. The van der Waals surface area contributed by atoms with Gasteiger partial charge in [0.05, 0.1) is 39.1 Å². The van der Waals surface area contributed by atoms with Crippen LogP contribution in [0.4, 0.5) is 5.82 Å². The summed E-state index contributed by atoms with van der Waals surface area (Å²) in [5, 5.41) is 19.9. The van der Waals surface area contributed by atoms with Crippen molar-refractivity contribution >= 4 is 34.2 Å². The normalized spacial score (nSPS) is 11.1. The molecule has 0 fully saturated rings. The Morgan fingerprint density at radius 2 is 1.86 bits per heavy atom. The molecule has 8 nitrogen and oxygen atoms in total. The second kappa shape index (κ2) is 6.92. The zero-order valence-electron chi connectivity index (χ0n) is 15.0. The number of hydrogen-bond donors (Lipinski definition) is 2. The van der Waals surface area contributed by atoms with Crippen molar-refractivity contribution in [2.24, 2.45) is 0 Å². The molecule has 0 bridgehead atoms. The Bertz CT molecular complexity index is 1320. The number of nitrogens with one attached hydrogen (secondary N) is 2. The highest BCUT2D eigenvalue weighted by Gasteiger charge is 2.17. The molecule has 5 rings (SSSR count). The molecule has 2 N–H and O–H groups in total. The second-order valence-electron chi connectivity index (χ2n) is 6.30. The van der Waals surface area contributed by atoms with Gasteiger partial charge in [-0.3, -0.25) is 9.89 Å². The SMILES string of the molecule is O=C(Nc1n[nH]c2cccc(-n3cccn3)c12)c1cnn(-c2ccccc2Cl)c1. The number of carbonyl (C=O) groups is 1. The Hall–Kier alpha value is -3.91. The fourth-order valence-electron chi connectivity index (χ4n) is 3.14. The Labute approximate surface area is 169 Å². The first-order valence-corrected chi connectivity index (χ1v) is 9.16. The number of carbonyl (C=O) groups excluding carboxylic acids is 1. The third-order valence-corrected chi connectivity index (χ3v) is 4.81. The first-order valence-electron chi connectivity index (χ1n) is 8.79. The van der Waals surface area contributed by atoms with E-state index in [1.54, 1.807) is 27.8 Å². The number of amides is 1. The van der Waals surface area contributed by atoms with E-state index in [0.29, 0.717) is 22.1 Å². The quantitative estimate of drug-likeness (QED) is 0.476. The maximum absolute atomic E-state index is 12.8. The van der Waals surface area contributed by atoms with Crippen molar-refractivity contribution in [3.63, 3.8) is 0 Å². The van der Waals surface area contributed by atoms with Crippen LogP contribution in [0.15, 0.2) is 73.3 Å². The zero-order valence-corrected chi connectivity index (χ0v) is 15.7. The molecule has 0 radical (unpaired) electrons. The molecule has 1 amide bonds. The van der Waals surface area contributed by atoms with Crippen LogP contribution in [0.25, 0.3) is 22.3 Å².